The Balaban J connectivity index is 2.80. The van der Waals surface area contributed by atoms with E-state index in [0.29, 0.717) is 6.61 Å². The number of rotatable bonds is 6. The maximum Gasteiger partial charge on any atom is 0.149 e. The molecule has 0 saturated carbocycles. The van der Waals surface area contributed by atoms with Crippen molar-refractivity contribution in [2.75, 3.05) is 20.3 Å². The van der Waals surface area contributed by atoms with Crippen molar-refractivity contribution in [1.29, 1.82) is 0 Å². The van der Waals surface area contributed by atoms with Crippen molar-refractivity contribution >= 4 is 0 Å². The highest BCUT2D eigenvalue weighted by molar-refractivity contribution is 5.41. The SMILES string of the molecule is CC#CCOc1cc(OC)ccc1CNCC. The van der Waals surface area contributed by atoms with Gasteiger partial charge in [-0.15, -0.1) is 5.92 Å². The van der Waals surface area contributed by atoms with E-state index in [2.05, 4.69) is 24.1 Å². The summed E-state index contributed by atoms with van der Waals surface area (Å²) >= 11 is 0. The molecule has 0 aromatic heterocycles. The summed E-state index contributed by atoms with van der Waals surface area (Å²) in [5, 5.41) is 3.28. The van der Waals surface area contributed by atoms with E-state index in [1.807, 2.05) is 18.2 Å². The summed E-state index contributed by atoms with van der Waals surface area (Å²) in [5.74, 6) is 7.31. The van der Waals surface area contributed by atoms with Gasteiger partial charge in [-0.25, -0.2) is 0 Å². The molecule has 0 unspecified atom stereocenters. The van der Waals surface area contributed by atoms with Gasteiger partial charge >= 0.3 is 0 Å². The number of methoxy groups -OCH3 is 1. The summed E-state index contributed by atoms with van der Waals surface area (Å²) in [5.41, 5.74) is 1.12. The van der Waals surface area contributed by atoms with Crippen LogP contribution in [0.1, 0.15) is 19.4 Å². The topological polar surface area (TPSA) is 30.5 Å². The average molecular weight is 233 g/mol. The van der Waals surface area contributed by atoms with E-state index >= 15 is 0 Å². The molecule has 0 spiro atoms. The molecule has 0 amide bonds. The third-order valence-electron chi connectivity index (χ3n) is 2.32. The third kappa shape index (κ3) is 4.38. The van der Waals surface area contributed by atoms with Gasteiger partial charge < -0.3 is 14.8 Å². The van der Waals surface area contributed by atoms with E-state index < -0.39 is 0 Å². The van der Waals surface area contributed by atoms with Crippen LogP contribution in [0.25, 0.3) is 0 Å². The lowest BCUT2D eigenvalue weighted by Crippen LogP contribution is -2.13. The maximum absolute atomic E-state index is 5.62. The fraction of sp³-hybridized carbons (Fsp3) is 0.429. The monoisotopic (exact) mass is 233 g/mol. The molecule has 0 fully saturated rings. The van der Waals surface area contributed by atoms with Crippen LogP contribution in [0, 0.1) is 11.8 Å². The molecule has 0 heterocycles. The lowest BCUT2D eigenvalue weighted by atomic mass is 10.2. The molecule has 0 aliphatic rings. The number of hydrogen-bond acceptors (Lipinski definition) is 3. The van der Waals surface area contributed by atoms with E-state index in [-0.39, 0.29) is 0 Å². The van der Waals surface area contributed by atoms with Crippen molar-refractivity contribution in [3.63, 3.8) is 0 Å². The fourth-order valence-electron chi connectivity index (χ4n) is 1.39. The van der Waals surface area contributed by atoms with Gasteiger partial charge in [0.2, 0.25) is 0 Å². The van der Waals surface area contributed by atoms with Gasteiger partial charge in [-0.05, 0) is 19.5 Å². The zero-order valence-electron chi connectivity index (χ0n) is 10.7. The second-order valence-corrected chi connectivity index (χ2v) is 3.47. The first-order valence-corrected chi connectivity index (χ1v) is 5.71. The first-order chi connectivity index (χ1) is 8.31. The van der Waals surface area contributed by atoms with Crippen LogP contribution in [0.2, 0.25) is 0 Å². The second kappa shape index (κ2) is 7.59. The summed E-state index contributed by atoms with van der Waals surface area (Å²) in [7, 11) is 1.65. The van der Waals surface area contributed by atoms with E-state index in [4.69, 9.17) is 9.47 Å². The van der Waals surface area contributed by atoms with Crippen molar-refractivity contribution in [3.05, 3.63) is 23.8 Å². The highest BCUT2D eigenvalue weighted by Crippen LogP contribution is 2.24. The molecule has 17 heavy (non-hydrogen) atoms. The molecule has 0 saturated heterocycles. The summed E-state index contributed by atoms with van der Waals surface area (Å²) < 4.78 is 10.8. The minimum absolute atomic E-state index is 0.406. The van der Waals surface area contributed by atoms with Gasteiger partial charge in [0.1, 0.15) is 18.1 Å². The summed E-state index contributed by atoms with van der Waals surface area (Å²) in [4.78, 5) is 0. The van der Waals surface area contributed by atoms with Gasteiger partial charge in [-0.2, -0.15) is 0 Å². The molecule has 0 atom stereocenters. The van der Waals surface area contributed by atoms with Crippen LogP contribution in [0.5, 0.6) is 11.5 Å². The van der Waals surface area contributed by atoms with Crippen LogP contribution in [0.4, 0.5) is 0 Å². The largest absolute Gasteiger partial charge is 0.497 e. The van der Waals surface area contributed by atoms with Crippen molar-refractivity contribution in [2.24, 2.45) is 0 Å². The normalized spacial score (nSPS) is 9.35. The van der Waals surface area contributed by atoms with Crippen LogP contribution < -0.4 is 14.8 Å². The summed E-state index contributed by atoms with van der Waals surface area (Å²) in [6.07, 6.45) is 0. The predicted octanol–water partition coefficient (Wildman–Crippen LogP) is 2.21. The van der Waals surface area contributed by atoms with Crippen LogP contribution in [-0.2, 0) is 6.54 Å². The molecule has 0 radical (unpaired) electrons. The summed E-state index contributed by atoms with van der Waals surface area (Å²) in [6.45, 7) is 6.00. The first-order valence-electron chi connectivity index (χ1n) is 5.71. The molecule has 0 bridgehead atoms. The highest BCUT2D eigenvalue weighted by Gasteiger charge is 2.04. The zero-order valence-corrected chi connectivity index (χ0v) is 10.7. The number of nitrogens with one attached hydrogen (secondary N) is 1. The molecule has 1 rings (SSSR count). The lowest BCUT2D eigenvalue weighted by molar-refractivity contribution is 0.358. The Morgan fingerprint density at radius 2 is 2.18 bits per heavy atom. The Hall–Kier alpha value is -1.66. The minimum atomic E-state index is 0.406. The Kier molecular flexibility index (Phi) is 5.98. The quantitative estimate of drug-likeness (QED) is 0.764. The van der Waals surface area contributed by atoms with Crippen molar-refractivity contribution < 1.29 is 9.47 Å². The fourth-order valence-corrected chi connectivity index (χ4v) is 1.39. The molecule has 92 valence electrons. The summed E-state index contributed by atoms with van der Waals surface area (Å²) in [6, 6.07) is 5.84. The van der Waals surface area contributed by atoms with Gasteiger partial charge in [-0.1, -0.05) is 18.9 Å². The smallest absolute Gasteiger partial charge is 0.149 e. The predicted molar refractivity (Wildman–Crippen MR) is 69.3 cm³/mol. The highest BCUT2D eigenvalue weighted by atomic mass is 16.5. The van der Waals surface area contributed by atoms with Crippen LogP contribution in [-0.4, -0.2) is 20.3 Å². The standard InChI is InChI=1S/C14H19NO2/c1-4-6-9-17-14-10-13(16-3)8-7-12(14)11-15-5-2/h7-8,10,15H,5,9,11H2,1-3H3. The first kappa shape index (κ1) is 13.4. The Morgan fingerprint density at radius 3 is 2.82 bits per heavy atom. The van der Waals surface area contributed by atoms with Crippen LogP contribution in [0.15, 0.2) is 18.2 Å². The van der Waals surface area contributed by atoms with E-state index in [9.17, 15) is 0 Å². The zero-order chi connectivity index (χ0) is 12.5. The minimum Gasteiger partial charge on any atom is -0.497 e. The Bertz CT molecular complexity index is 404. The molecule has 3 heteroatoms. The van der Waals surface area contributed by atoms with Gasteiger partial charge in [0, 0.05) is 18.2 Å². The van der Waals surface area contributed by atoms with Gasteiger partial charge in [0.15, 0.2) is 0 Å². The molecular weight excluding hydrogens is 214 g/mol. The molecule has 1 aromatic rings. The van der Waals surface area contributed by atoms with Gasteiger partial charge in [-0.3, -0.25) is 0 Å². The van der Waals surface area contributed by atoms with Crippen molar-refractivity contribution in [2.45, 2.75) is 20.4 Å². The lowest BCUT2D eigenvalue weighted by Gasteiger charge is -2.11. The third-order valence-corrected chi connectivity index (χ3v) is 2.32. The number of hydrogen-bond donors (Lipinski definition) is 1. The van der Waals surface area contributed by atoms with Crippen LogP contribution >= 0.6 is 0 Å². The second-order valence-electron chi connectivity index (χ2n) is 3.47. The van der Waals surface area contributed by atoms with Gasteiger partial charge in [0.05, 0.1) is 7.11 Å². The molecule has 1 N–H and O–H groups in total. The molecule has 0 aliphatic carbocycles. The van der Waals surface area contributed by atoms with Crippen molar-refractivity contribution in [1.82, 2.24) is 5.32 Å². The van der Waals surface area contributed by atoms with Gasteiger partial charge in [0.25, 0.3) is 0 Å². The van der Waals surface area contributed by atoms with E-state index in [1.165, 1.54) is 0 Å². The molecule has 3 nitrogen and oxygen atoms in total. The molecular formula is C14H19NO2. The average Bonchev–Trinajstić information content (AvgIpc) is 2.37. The Morgan fingerprint density at radius 1 is 1.35 bits per heavy atom. The van der Waals surface area contributed by atoms with Crippen LogP contribution in [0.3, 0.4) is 0 Å². The maximum atomic E-state index is 5.62. The number of ether oxygens (including phenoxy) is 2. The van der Waals surface area contributed by atoms with E-state index in [0.717, 1.165) is 30.2 Å². The molecule has 0 aliphatic heterocycles. The number of benzene rings is 1. The molecule has 1 aromatic carbocycles. The van der Waals surface area contributed by atoms with Crippen molar-refractivity contribution in [3.8, 4) is 23.3 Å². The Labute approximate surface area is 103 Å². The van der Waals surface area contributed by atoms with E-state index in [1.54, 1.807) is 14.0 Å².